The number of hydrogen-bond donors (Lipinski definition) is 2. The number of carbonyl (C=O) groups excluding carboxylic acids is 4. The van der Waals surface area contributed by atoms with Crippen LogP contribution in [0.25, 0.3) is 0 Å². The third-order valence-electron chi connectivity index (χ3n) is 2.87. The normalized spacial score (nSPS) is 29.3. The van der Waals surface area contributed by atoms with Crippen LogP contribution in [0.2, 0.25) is 0 Å². The summed E-state index contributed by atoms with van der Waals surface area (Å²) in [6, 6.07) is 0. The van der Waals surface area contributed by atoms with Gasteiger partial charge in [0, 0.05) is 20.8 Å². The van der Waals surface area contributed by atoms with Gasteiger partial charge in [0.2, 0.25) is 12.2 Å². The zero-order valence-corrected chi connectivity index (χ0v) is 13.5. The Balaban J connectivity index is 3.12. The lowest BCUT2D eigenvalue weighted by atomic mass is 9.98. The highest BCUT2D eigenvalue weighted by molar-refractivity contribution is 5.77. The minimum Gasteiger partial charge on any atom is -0.467 e. The van der Waals surface area contributed by atoms with E-state index in [1.54, 1.807) is 0 Å². The van der Waals surface area contributed by atoms with Gasteiger partial charge in [-0.25, -0.2) is 15.1 Å². The van der Waals surface area contributed by atoms with Crippen LogP contribution in [0.5, 0.6) is 0 Å². The van der Waals surface area contributed by atoms with Crippen molar-refractivity contribution in [1.29, 1.82) is 0 Å². The highest BCUT2D eigenvalue weighted by Crippen LogP contribution is 2.27. The number of methoxy groups -OCH3 is 1. The SMILES string of the molecule is COC(=O)[C@H]1O[C@@H](ONC(C)=O)[C@H](O)[C@@H](OC(C)=O)[C@@H]1OC(C)=O. The molecule has 2 N–H and O–H groups in total. The summed E-state index contributed by atoms with van der Waals surface area (Å²) in [6.45, 7) is 3.26. The molecule has 1 fully saturated rings. The van der Waals surface area contributed by atoms with Crippen LogP contribution in [0.3, 0.4) is 0 Å². The summed E-state index contributed by atoms with van der Waals surface area (Å²) in [4.78, 5) is 50.2. The van der Waals surface area contributed by atoms with E-state index in [0.29, 0.717) is 0 Å². The van der Waals surface area contributed by atoms with Gasteiger partial charge in [-0.15, -0.1) is 0 Å². The van der Waals surface area contributed by atoms with Crippen molar-refractivity contribution >= 4 is 23.8 Å². The van der Waals surface area contributed by atoms with Crippen LogP contribution in [0.1, 0.15) is 20.8 Å². The second kappa shape index (κ2) is 8.57. The molecule has 1 aliphatic heterocycles. The Morgan fingerprint density at radius 3 is 2.00 bits per heavy atom. The van der Waals surface area contributed by atoms with Crippen molar-refractivity contribution in [3.63, 3.8) is 0 Å². The molecular formula is C13H19NO10. The molecule has 0 aromatic rings. The maximum absolute atomic E-state index is 11.9. The third kappa shape index (κ3) is 5.15. The molecule has 0 aromatic carbocycles. The van der Waals surface area contributed by atoms with E-state index in [4.69, 9.17) is 19.0 Å². The van der Waals surface area contributed by atoms with Crippen LogP contribution in [-0.2, 0) is 43.0 Å². The van der Waals surface area contributed by atoms with Crippen LogP contribution < -0.4 is 5.48 Å². The Morgan fingerprint density at radius 1 is 1.00 bits per heavy atom. The molecule has 0 unspecified atom stereocenters. The number of nitrogens with one attached hydrogen (secondary N) is 1. The molecule has 1 heterocycles. The quantitative estimate of drug-likeness (QED) is 0.330. The summed E-state index contributed by atoms with van der Waals surface area (Å²) in [6.07, 6.45) is -7.74. The molecule has 5 atom stereocenters. The molecule has 1 saturated heterocycles. The molecule has 136 valence electrons. The van der Waals surface area contributed by atoms with E-state index in [1.165, 1.54) is 0 Å². The van der Waals surface area contributed by atoms with Gasteiger partial charge in [0.1, 0.15) is 6.10 Å². The largest absolute Gasteiger partial charge is 0.467 e. The zero-order chi connectivity index (χ0) is 18.4. The Labute approximate surface area is 137 Å². The first kappa shape index (κ1) is 19.8. The van der Waals surface area contributed by atoms with E-state index < -0.39 is 54.5 Å². The Kier molecular flexibility index (Phi) is 7.07. The average molecular weight is 349 g/mol. The minimum absolute atomic E-state index is 0.605. The van der Waals surface area contributed by atoms with Gasteiger partial charge in [-0.05, 0) is 0 Å². The van der Waals surface area contributed by atoms with Crippen LogP contribution in [0.15, 0.2) is 0 Å². The van der Waals surface area contributed by atoms with Crippen LogP contribution in [-0.4, -0.2) is 66.7 Å². The Morgan fingerprint density at radius 2 is 1.54 bits per heavy atom. The first-order valence-corrected chi connectivity index (χ1v) is 6.85. The molecule has 0 bridgehead atoms. The van der Waals surface area contributed by atoms with Gasteiger partial charge in [-0.3, -0.25) is 14.4 Å². The summed E-state index contributed by atoms with van der Waals surface area (Å²) in [5.41, 5.74) is 1.93. The number of hydroxylamine groups is 1. The van der Waals surface area contributed by atoms with Gasteiger partial charge in [0.25, 0.3) is 0 Å². The Hall–Kier alpha value is -2.24. The van der Waals surface area contributed by atoms with Gasteiger partial charge in [0.05, 0.1) is 7.11 Å². The maximum atomic E-state index is 11.9. The summed E-state index contributed by atoms with van der Waals surface area (Å²) < 4.78 is 19.6. The number of aliphatic hydroxyl groups excluding tert-OH is 1. The number of rotatable bonds is 5. The molecule has 0 aliphatic carbocycles. The predicted molar refractivity (Wildman–Crippen MR) is 72.7 cm³/mol. The lowest BCUT2D eigenvalue weighted by Gasteiger charge is -2.41. The van der Waals surface area contributed by atoms with Crippen molar-refractivity contribution in [2.45, 2.75) is 51.5 Å². The second-order valence-corrected chi connectivity index (χ2v) is 4.86. The summed E-state index contributed by atoms with van der Waals surface area (Å²) >= 11 is 0. The minimum atomic E-state index is -1.66. The lowest BCUT2D eigenvalue weighted by Crippen LogP contribution is -2.63. The molecule has 0 saturated carbocycles. The highest BCUT2D eigenvalue weighted by atomic mass is 16.8. The number of ether oxygens (including phenoxy) is 4. The van der Waals surface area contributed by atoms with Gasteiger partial charge >= 0.3 is 17.9 Å². The number of amides is 1. The maximum Gasteiger partial charge on any atom is 0.339 e. The fourth-order valence-corrected chi connectivity index (χ4v) is 2.02. The fraction of sp³-hybridized carbons (Fsp3) is 0.692. The molecule has 24 heavy (non-hydrogen) atoms. The molecule has 0 aromatic heterocycles. The standard InChI is InChI=1S/C13H19NO10/c1-5(15)14-24-13-8(18)9(21-6(2)16)10(22-7(3)17)11(23-13)12(19)20-4/h8-11,13,18H,1-4H3,(H,14,15)/t8-,9-,10+,11+,13+/m1/s1. The van der Waals surface area contributed by atoms with Crippen molar-refractivity contribution in [3.8, 4) is 0 Å². The van der Waals surface area contributed by atoms with E-state index in [9.17, 15) is 24.3 Å². The average Bonchev–Trinajstić information content (AvgIpc) is 2.48. The first-order chi connectivity index (χ1) is 11.2. The lowest BCUT2D eigenvalue weighted by molar-refractivity contribution is -0.309. The van der Waals surface area contributed by atoms with Crippen molar-refractivity contribution in [1.82, 2.24) is 5.48 Å². The molecule has 11 nitrogen and oxygen atoms in total. The number of aliphatic hydroxyl groups is 1. The predicted octanol–water partition coefficient (Wildman–Crippen LogP) is -1.82. The highest BCUT2D eigenvalue weighted by Gasteiger charge is 2.53. The second-order valence-electron chi connectivity index (χ2n) is 4.86. The molecule has 0 radical (unpaired) electrons. The first-order valence-electron chi connectivity index (χ1n) is 6.85. The van der Waals surface area contributed by atoms with Crippen molar-refractivity contribution in [3.05, 3.63) is 0 Å². The van der Waals surface area contributed by atoms with Crippen molar-refractivity contribution in [2.75, 3.05) is 7.11 Å². The van der Waals surface area contributed by atoms with E-state index >= 15 is 0 Å². The molecule has 1 rings (SSSR count). The molecule has 0 spiro atoms. The van der Waals surface area contributed by atoms with Crippen molar-refractivity contribution < 1.29 is 48.1 Å². The monoisotopic (exact) mass is 349 g/mol. The molecule has 1 amide bonds. The van der Waals surface area contributed by atoms with Gasteiger partial charge < -0.3 is 24.1 Å². The number of hydrogen-bond acceptors (Lipinski definition) is 10. The molecule has 1 aliphatic rings. The van der Waals surface area contributed by atoms with Gasteiger partial charge in [0.15, 0.2) is 18.3 Å². The van der Waals surface area contributed by atoms with Crippen molar-refractivity contribution in [2.24, 2.45) is 0 Å². The Bertz CT molecular complexity index is 507. The van der Waals surface area contributed by atoms with E-state index in [1.807, 2.05) is 5.48 Å². The van der Waals surface area contributed by atoms with Gasteiger partial charge in [-0.1, -0.05) is 0 Å². The molecular weight excluding hydrogens is 330 g/mol. The van der Waals surface area contributed by atoms with E-state index in [-0.39, 0.29) is 0 Å². The topological polar surface area (TPSA) is 147 Å². The zero-order valence-electron chi connectivity index (χ0n) is 13.5. The van der Waals surface area contributed by atoms with Crippen LogP contribution in [0.4, 0.5) is 0 Å². The van der Waals surface area contributed by atoms with E-state index in [0.717, 1.165) is 27.9 Å². The smallest absolute Gasteiger partial charge is 0.339 e. The van der Waals surface area contributed by atoms with E-state index in [2.05, 4.69) is 4.74 Å². The van der Waals surface area contributed by atoms with Crippen LogP contribution in [0, 0.1) is 0 Å². The summed E-state index contributed by atoms with van der Waals surface area (Å²) in [5.74, 6) is -3.17. The summed E-state index contributed by atoms with van der Waals surface area (Å²) in [5, 5.41) is 10.2. The number of esters is 3. The number of carbonyl (C=O) groups is 4. The van der Waals surface area contributed by atoms with Gasteiger partial charge in [-0.2, -0.15) is 0 Å². The fourth-order valence-electron chi connectivity index (χ4n) is 2.02. The van der Waals surface area contributed by atoms with Crippen LogP contribution >= 0.6 is 0 Å². The third-order valence-corrected chi connectivity index (χ3v) is 2.87. The summed E-state index contributed by atoms with van der Waals surface area (Å²) in [7, 11) is 1.06. The molecule has 11 heteroatoms.